The van der Waals surface area contributed by atoms with E-state index in [2.05, 4.69) is 19.6 Å². The molecule has 1 aliphatic carbocycles. The summed E-state index contributed by atoms with van der Waals surface area (Å²) in [5.74, 6) is 0. The summed E-state index contributed by atoms with van der Waals surface area (Å²) >= 11 is 0. The first kappa shape index (κ1) is 5.10. The van der Waals surface area contributed by atoms with E-state index in [0.29, 0.717) is 5.41 Å². The first-order valence-corrected chi connectivity index (χ1v) is 2.93. The minimum atomic E-state index is 0.631. The molecule has 0 atom stereocenters. The molecule has 0 aromatic rings. The van der Waals surface area contributed by atoms with Gasteiger partial charge in [0, 0.05) is 12.8 Å². The predicted octanol–water partition coefficient (Wildman–Crippen LogP) is 0.417. The highest BCUT2D eigenvalue weighted by molar-refractivity contribution is 4.84. The number of rotatable bonds is 0. The molecule has 0 amide bonds. The average Bonchev–Trinajstić information content (AvgIpc) is 1.27. The molecule has 1 aliphatic rings. The van der Waals surface area contributed by atoms with Crippen molar-refractivity contribution in [2.24, 2.45) is 5.41 Å². The molecule has 0 radical (unpaired) electrons. The molecule has 42 valence electrons. The van der Waals surface area contributed by atoms with Crippen LogP contribution in [0.4, 0.5) is 0 Å². The summed E-state index contributed by atoms with van der Waals surface area (Å²) in [5.41, 5.74) is 4.57. The summed E-state index contributed by atoms with van der Waals surface area (Å²) in [6.07, 6.45) is 2.65. The molecule has 0 spiro atoms. The lowest BCUT2D eigenvalue weighted by atomic mass is 9.69. The van der Waals surface area contributed by atoms with E-state index in [0.717, 1.165) is 6.04 Å². The van der Waals surface area contributed by atoms with Gasteiger partial charge < -0.3 is 5.73 Å². The maximum absolute atomic E-state index is 3.94. The van der Waals surface area contributed by atoms with Crippen molar-refractivity contribution < 1.29 is 5.73 Å². The molecule has 0 bridgehead atoms. The van der Waals surface area contributed by atoms with Crippen molar-refractivity contribution in [2.45, 2.75) is 32.7 Å². The summed E-state index contributed by atoms with van der Waals surface area (Å²) in [4.78, 5) is 0. The van der Waals surface area contributed by atoms with Crippen LogP contribution in [0, 0.1) is 5.41 Å². The van der Waals surface area contributed by atoms with Crippen LogP contribution in [0.5, 0.6) is 0 Å². The van der Waals surface area contributed by atoms with Crippen LogP contribution in [0.1, 0.15) is 26.7 Å². The van der Waals surface area contributed by atoms with E-state index < -0.39 is 0 Å². The van der Waals surface area contributed by atoms with Crippen LogP contribution in [-0.2, 0) is 0 Å². The van der Waals surface area contributed by atoms with Crippen LogP contribution < -0.4 is 5.73 Å². The maximum Gasteiger partial charge on any atom is 0.0854 e. The smallest absolute Gasteiger partial charge is 0.0854 e. The molecule has 1 nitrogen and oxygen atoms in total. The molecule has 1 saturated carbocycles. The van der Waals surface area contributed by atoms with Crippen LogP contribution in [-0.4, -0.2) is 6.04 Å². The van der Waals surface area contributed by atoms with Gasteiger partial charge in [-0.25, -0.2) is 0 Å². The topological polar surface area (TPSA) is 27.6 Å². The van der Waals surface area contributed by atoms with Crippen LogP contribution in [0.25, 0.3) is 0 Å². The molecule has 1 heteroatoms. The Hall–Kier alpha value is -0.0400. The van der Waals surface area contributed by atoms with Crippen molar-refractivity contribution in [2.75, 3.05) is 0 Å². The molecule has 1 rings (SSSR count). The van der Waals surface area contributed by atoms with Crippen LogP contribution in [0.15, 0.2) is 0 Å². The molecule has 0 aromatic heterocycles. The van der Waals surface area contributed by atoms with E-state index in [9.17, 15) is 0 Å². The van der Waals surface area contributed by atoms with Gasteiger partial charge in [0.1, 0.15) is 0 Å². The molecular formula is C6H14N+. The van der Waals surface area contributed by atoms with Crippen molar-refractivity contribution in [3.8, 4) is 0 Å². The van der Waals surface area contributed by atoms with Crippen molar-refractivity contribution in [1.29, 1.82) is 0 Å². The van der Waals surface area contributed by atoms with Gasteiger partial charge in [0.05, 0.1) is 6.04 Å². The monoisotopic (exact) mass is 100 g/mol. The highest BCUT2D eigenvalue weighted by Gasteiger charge is 2.35. The quantitative estimate of drug-likeness (QED) is 0.457. The Bertz CT molecular complexity index is 68.2. The molecule has 0 unspecified atom stereocenters. The van der Waals surface area contributed by atoms with Crippen molar-refractivity contribution in [1.82, 2.24) is 0 Å². The molecular weight excluding hydrogens is 86.1 g/mol. The second-order valence-electron chi connectivity index (χ2n) is 3.44. The van der Waals surface area contributed by atoms with E-state index in [1.165, 1.54) is 12.8 Å². The van der Waals surface area contributed by atoms with Crippen LogP contribution >= 0.6 is 0 Å². The summed E-state index contributed by atoms with van der Waals surface area (Å²) in [6, 6.07) is 0.759. The molecule has 0 saturated heterocycles. The fraction of sp³-hybridized carbons (Fsp3) is 1.00. The summed E-state index contributed by atoms with van der Waals surface area (Å²) in [6.45, 7) is 4.60. The van der Waals surface area contributed by atoms with Gasteiger partial charge in [-0.15, -0.1) is 0 Å². The lowest BCUT2D eigenvalue weighted by Crippen LogP contribution is -2.68. The standard InChI is InChI=1S/C6H13N/c1-6(2)3-5(7)4-6/h5H,3-4,7H2,1-2H3/p+1. The van der Waals surface area contributed by atoms with E-state index in [1.807, 2.05) is 0 Å². The van der Waals surface area contributed by atoms with Gasteiger partial charge in [0.15, 0.2) is 0 Å². The van der Waals surface area contributed by atoms with Gasteiger partial charge in [-0.05, 0) is 5.41 Å². The van der Waals surface area contributed by atoms with Crippen LogP contribution in [0.2, 0.25) is 0 Å². The second-order valence-corrected chi connectivity index (χ2v) is 3.44. The highest BCUT2D eigenvalue weighted by Crippen LogP contribution is 2.37. The zero-order valence-electron chi connectivity index (χ0n) is 5.20. The molecule has 0 aromatic carbocycles. The number of quaternary nitrogens is 1. The van der Waals surface area contributed by atoms with Crippen molar-refractivity contribution in [3.05, 3.63) is 0 Å². The lowest BCUT2D eigenvalue weighted by molar-refractivity contribution is -0.452. The van der Waals surface area contributed by atoms with E-state index in [1.54, 1.807) is 0 Å². The highest BCUT2D eigenvalue weighted by atomic mass is 14.7. The Labute approximate surface area is 44.9 Å². The van der Waals surface area contributed by atoms with Crippen LogP contribution in [0.3, 0.4) is 0 Å². The molecule has 0 heterocycles. The van der Waals surface area contributed by atoms with E-state index in [-0.39, 0.29) is 0 Å². The minimum absolute atomic E-state index is 0.631. The summed E-state index contributed by atoms with van der Waals surface area (Å²) in [5, 5.41) is 0. The third-order valence-corrected chi connectivity index (χ3v) is 1.68. The Morgan fingerprint density at radius 2 is 1.86 bits per heavy atom. The van der Waals surface area contributed by atoms with Gasteiger partial charge >= 0.3 is 0 Å². The third kappa shape index (κ3) is 0.942. The van der Waals surface area contributed by atoms with Crippen molar-refractivity contribution >= 4 is 0 Å². The second kappa shape index (κ2) is 1.22. The molecule has 7 heavy (non-hydrogen) atoms. The summed E-state index contributed by atoms with van der Waals surface area (Å²) < 4.78 is 0. The Kier molecular flexibility index (Phi) is 0.890. The Morgan fingerprint density at radius 3 is 1.86 bits per heavy atom. The van der Waals surface area contributed by atoms with Gasteiger partial charge in [-0.3, -0.25) is 0 Å². The third-order valence-electron chi connectivity index (χ3n) is 1.68. The van der Waals surface area contributed by atoms with E-state index in [4.69, 9.17) is 0 Å². The molecule has 0 aliphatic heterocycles. The van der Waals surface area contributed by atoms with Crippen molar-refractivity contribution in [3.63, 3.8) is 0 Å². The largest absolute Gasteiger partial charge is 0.355 e. The van der Waals surface area contributed by atoms with Gasteiger partial charge in [-0.1, -0.05) is 13.8 Å². The summed E-state index contributed by atoms with van der Waals surface area (Å²) in [7, 11) is 0. The zero-order valence-corrected chi connectivity index (χ0v) is 5.20. The first-order chi connectivity index (χ1) is 3.10. The fourth-order valence-electron chi connectivity index (χ4n) is 1.50. The van der Waals surface area contributed by atoms with Gasteiger partial charge in [0.25, 0.3) is 0 Å². The number of hydrogen-bond acceptors (Lipinski definition) is 0. The Balaban J connectivity index is 2.29. The van der Waals surface area contributed by atoms with Gasteiger partial charge in [-0.2, -0.15) is 0 Å². The molecule has 3 N–H and O–H groups in total. The van der Waals surface area contributed by atoms with Gasteiger partial charge in [0.2, 0.25) is 0 Å². The zero-order chi connectivity index (χ0) is 5.49. The first-order valence-electron chi connectivity index (χ1n) is 2.93. The predicted molar refractivity (Wildman–Crippen MR) is 29.7 cm³/mol. The molecule has 1 fully saturated rings. The maximum atomic E-state index is 3.94. The van der Waals surface area contributed by atoms with E-state index >= 15 is 0 Å². The normalized spacial score (nSPS) is 29.6. The lowest BCUT2D eigenvalue weighted by Gasteiger charge is -2.37. The SMILES string of the molecule is CC1(C)CC([NH3+])C1. The average molecular weight is 100 g/mol. The number of hydrogen-bond donors (Lipinski definition) is 1. The fourth-order valence-corrected chi connectivity index (χ4v) is 1.50. The Morgan fingerprint density at radius 1 is 1.43 bits per heavy atom. The minimum Gasteiger partial charge on any atom is -0.355 e.